The minimum Gasteiger partial charge on any atom is -0.377 e. The van der Waals surface area contributed by atoms with Gasteiger partial charge < -0.3 is 4.74 Å². The van der Waals surface area contributed by atoms with Crippen LogP contribution in [0, 0.1) is 0 Å². The molecule has 92 valence electrons. The Bertz CT molecular complexity index is 542. The van der Waals surface area contributed by atoms with E-state index in [1.165, 1.54) is 0 Å². The highest BCUT2D eigenvalue weighted by atomic mass is 35.5. The van der Waals surface area contributed by atoms with Crippen LogP contribution in [0.3, 0.4) is 0 Å². The van der Waals surface area contributed by atoms with Crippen LogP contribution in [0.15, 0.2) is 12.1 Å². The maximum absolute atomic E-state index is 6.20. The van der Waals surface area contributed by atoms with Crippen LogP contribution >= 0.6 is 11.6 Å². The zero-order valence-electron chi connectivity index (χ0n) is 10.5. The van der Waals surface area contributed by atoms with Gasteiger partial charge in [0.05, 0.1) is 0 Å². The molecule has 0 unspecified atom stereocenters. The van der Waals surface area contributed by atoms with Crippen molar-refractivity contribution in [2.24, 2.45) is 0 Å². The normalized spacial score (nSPS) is 12.3. The number of halogens is 1. The Morgan fingerprint density at radius 3 is 2.65 bits per heavy atom. The second-order valence-corrected chi connectivity index (χ2v) is 5.44. The van der Waals surface area contributed by atoms with E-state index in [1.807, 2.05) is 12.1 Å². The minimum atomic E-state index is 0.0404. The van der Waals surface area contributed by atoms with Crippen molar-refractivity contribution in [1.29, 1.82) is 0 Å². The molecule has 0 aliphatic carbocycles. The summed E-state index contributed by atoms with van der Waals surface area (Å²) in [5.41, 5.74) is 1.94. The molecule has 0 N–H and O–H groups in total. The second kappa shape index (κ2) is 4.27. The molecule has 0 aliphatic heterocycles. The molecule has 0 aliphatic rings. The lowest BCUT2D eigenvalue weighted by Gasteiger charge is -2.19. The van der Waals surface area contributed by atoms with Crippen LogP contribution < -0.4 is 0 Å². The molecule has 5 heteroatoms. The fraction of sp³-hybridized carbons (Fsp3) is 0.500. The smallest absolute Gasteiger partial charge is 0.177 e. The van der Waals surface area contributed by atoms with Gasteiger partial charge in [0.1, 0.15) is 11.8 Å². The molecule has 2 aromatic rings. The van der Waals surface area contributed by atoms with Crippen LogP contribution in [0.2, 0.25) is 5.15 Å². The Morgan fingerprint density at radius 1 is 1.35 bits per heavy atom. The van der Waals surface area contributed by atoms with E-state index in [9.17, 15) is 0 Å². The van der Waals surface area contributed by atoms with Gasteiger partial charge in [0.25, 0.3) is 0 Å². The molecule has 2 aromatic heterocycles. The summed E-state index contributed by atoms with van der Waals surface area (Å²) < 4.78 is 6.64. The second-order valence-electron chi connectivity index (χ2n) is 5.05. The third-order valence-corrected chi connectivity index (χ3v) is 2.85. The molecule has 0 bridgehead atoms. The Morgan fingerprint density at radius 2 is 2.06 bits per heavy atom. The average Bonchev–Trinajstić information content (AvgIpc) is 2.60. The molecule has 0 amide bonds. The Labute approximate surface area is 106 Å². The highest BCUT2D eigenvalue weighted by Crippen LogP contribution is 2.26. The van der Waals surface area contributed by atoms with Crippen molar-refractivity contribution in [1.82, 2.24) is 14.6 Å². The van der Waals surface area contributed by atoms with Crippen LogP contribution in [-0.2, 0) is 16.8 Å². The van der Waals surface area contributed by atoms with E-state index in [0.717, 1.165) is 11.2 Å². The van der Waals surface area contributed by atoms with E-state index in [4.69, 9.17) is 16.3 Å². The number of pyridine rings is 1. The molecule has 0 saturated carbocycles. The molecule has 0 saturated heterocycles. The van der Waals surface area contributed by atoms with Crippen LogP contribution in [0.25, 0.3) is 5.65 Å². The van der Waals surface area contributed by atoms with Crippen molar-refractivity contribution < 1.29 is 4.74 Å². The van der Waals surface area contributed by atoms with Gasteiger partial charge in [-0.2, -0.15) is 0 Å². The number of hydrogen-bond acceptors (Lipinski definition) is 3. The van der Waals surface area contributed by atoms with Gasteiger partial charge in [-0.3, -0.25) is 0 Å². The monoisotopic (exact) mass is 253 g/mol. The molecule has 0 atom stereocenters. The number of fused-ring (bicyclic) bond motifs is 1. The molecule has 2 heterocycles. The van der Waals surface area contributed by atoms with Gasteiger partial charge in [-0.15, -0.1) is 5.10 Å². The molecule has 4 nitrogen and oxygen atoms in total. The third kappa shape index (κ3) is 2.42. The number of hydrogen-bond donors (Lipinski definition) is 0. The van der Waals surface area contributed by atoms with Crippen LogP contribution in [0.1, 0.15) is 32.2 Å². The Kier molecular flexibility index (Phi) is 3.10. The van der Waals surface area contributed by atoms with E-state index >= 15 is 0 Å². The Hall–Kier alpha value is -1.13. The molecule has 0 spiro atoms. The first-order chi connectivity index (χ1) is 7.91. The summed E-state index contributed by atoms with van der Waals surface area (Å²) in [6.45, 7) is 6.81. The van der Waals surface area contributed by atoms with E-state index in [0.29, 0.717) is 17.6 Å². The first kappa shape index (κ1) is 12.3. The van der Waals surface area contributed by atoms with Crippen molar-refractivity contribution >= 4 is 17.2 Å². The first-order valence-electron chi connectivity index (χ1n) is 5.46. The highest BCUT2D eigenvalue weighted by Gasteiger charge is 2.17. The number of rotatable bonds is 2. The number of methoxy groups -OCH3 is 1. The van der Waals surface area contributed by atoms with Crippen LogP contribution in [-0.4, -0.2) is 21.7 Å². The van der Waals surface area contributed by atoms with E-state index < -0.39 is 0 Å². The fourth-order valence-electron chi connectivity index (χ4n) is 1.61. The molecule has 0 aromatic carbocycles. The molecular weight excluding hydrogens is 238 g/mol. The molecule has 0 radical (unpaired) electrons. The van der Waals surface area contributed by atoms with Gasteiger partial charge >= 0.3 is 0 Å². The summed E-state index contributed by atoms with van der Waals surface area (Å²) in [6, 6.07) is 3.94. The van der Waals surface area contributed by atoms with E-state index in [-0.39, 0.29) is 5.41 Å². The highest BCUT2D eigenvalue weighted by molar-refractivity contribution is 6.29. The predicted octanol–water partition coefficient (Wildman–Crippen LogP) is 2.83. The van der Waals surface area contributed by atoms with Crippen molar-refractivity contribution in [2.45, 2.75) is 32.8 Å². The zero-order chi connectivity index (χ0) is 12.6. The maximum Gasteiger partial charge on any atom is 0.177 e. The predicted molar refractivity (Wildman–Crippen MR) is 67.4 cm³/mol. The SMILES string of the molecule is COCc1nc2cc(C(C)(C)C)cc(Cl)n2n1. The van der Waals surface area contributed by atoms with Crippen molar-refractivity contribution in [3.05, 3.63) is 28.7 Å². The van der Waals surface area contributed by atoms with Gasteiger partial charge in [-0.25, -0.2) is 9.50 Å². The molecule has 0 fully saturated rings. The standard InChI is InChI=1S/C12H16ClN3O/c1-12(2,3)8-5-9(13)16-11(6-8)14-10(15-16)7-17-4/h5-6H,7H2,1-4H3. The third-order valence-electron chi connectivity index (χ3n) is 2.58. The lowest BCUT2D eigenvalue weighted by Crippen LogP contribution is -2.11. The van der Waals surface area contributed by atoms with Crippen LogP contribution in [0.5, 0.6) is 0 Å². The minimum absolute atomic E-state index is 0.0404. The summed E-state index contributed by atoms with van der Waals surface area (Å²) >= 11 is 6.20. The van der Waals surface area contributed by atoms with Crippen LogP contribution in [0.4, 0.5) is 0 Å². The van der Waals surface area contributed by atoms with Gasteiger partial charge in [-0.1, -0.05) is 32.4 Å². The number of ether oxygens (including phenoxy) is 1. The average molecular weight is 254 g/mol. The quantitative estimate of drug-likeness (QED) is 0.773. The Balaban J connectivity index is 2.57. The van der Waals surface area contributed by atoms with E-state index in [2.05, 4.69) is 30.9 Å². The van der Waals surface area contributed by atoms with Gasteiger partial charge in [0, 0.05) is 7.11 Å². The first-order valence-corrected chi connectivity index (χ1v) is 5.84. The van der Waals surface area contributed by atoms with E-state index in [1.54, 1.807) is 11.6 Å². The fourth-order valence-corrected chi connectivity index (χ4v) is 1.85. The lowest BCUT2D eigenvalue weighted by atomic mass is 9.88. The topological polar surface area (TPSA) is 39.4 Å². The van der Waals surface area contributed by atoms with Crippen molar-refractivity contribution in [2.75, 3.05) is 7.11 Å². The summed E-state index contributed by atoms with van der Waals surface area (Å²) in [7, 11) is 1.62. The largest absolute Gasteiger partial charge is 0.377 e. The molecule has 2 rings (SSSR count). The zero-order valence-corrected chi connectivity index (χ0v) is 11.2. The number of nitrogens with zero attached hydrogens (tertiary/aromatic N) is 3. The van der Waals surface area contributed by atoms with Gasteiger partial charge in [0.2, 0.25) is 0 Å². The van der Waals surface area contributed by atoms with Gasteiger partial charge in [-0.05, 0) is 23.1 Å². The number of aromatic nitrogens is 3. The van der Waals surface area contributed by atoms with Crippen molar-refractivity contribution in [3.8, 4) is 0 Å². The molecular formula is C12H16ClN3O. The summed E-state index contributed by atoms with van der Waals surface area (Å²) in [5, 5.41) is 4.85. The summed E-state index contributed by atoms with van der Waals surface area (Å²) in [4.78, 5) is 4.38. The lowest BCUT2D eigenvalue weighted by molar-refractivity contribution is 0.178. The summed E-state index contributed by atoms with van der Waals surface area (Å²) in [6.07, 6.45) is 0. The van der Waals surface area contributed by atoms with Gasteiger partial charge in [0.15, 0.2) is 11.5 Å². The molecule has 17 heavy (non-hydrogen) atoms. The summed E-state index contributed by atoms with van der Waals surface area (Å²) in [5.74, 6) is 0.639. The van der Waals surface area contributed by atoms with Crippen molar-refractivity contribution in [3.63, 3.8) is 0 Å². The maximum atomic E-state index is 6.20.